The Morgan fingerprint density at radius 1 is 1.00 bits per heavy atom. The van der Waals surface area contributed by atoms with Gasteiger partial charge in [0.15, 0.2) is 0 Å². The average molecular weight is 235 g/mol. The number of hydrogen-bond donors (Lipinski definition) is 0. The monoisotopic (exact) mass is 235 g/mol. The van der Waals surface area contributed by atoms with Crippen molar-refractivity contribution in [2.45, 2.75) is 37.8 Å². The van der Waals surface area contributed by atoms with Crippen LogP contribution >= 0.6 is 0 Å². The molecule has 1 aromatic heterocycles. The van der Waals surface area contributed by atoms with Crippen molar-refractivity contribution in [1.82, 2.24) is 14.7 Å². The Bertz CT molecular complexity index is 324. The molecule has 0 radical (unpaired) electrons. The third-order valence-corrected chi connectivity index (χ3v) is 4.11. The van der Waals surface area contributed by atoms with E-state index in [1.54, 1.807) is 0 Å². The Morgan fingerprint density at radius 3 is 2.41 bits per heavy atom. The molecule has 3 heterocycles. The Kier molecular flexibility index (Phi) is 3.43. The van der Waals surface area contributed by atoms with Crippen LogP contribution in [0, 0.1) is 0 Å². The second-order valence-electron chi connectivity index (χ2n) is 5.10. The van der Waals surface area contributed by atoms with Crippen molar-refractivity contribution in [3.8, 4) is 0 Å². The maximum Gasteiger partial charge on any atom is 0.0543 e. The number of likely N-dealkylation sites (tertiary alicyclic amines) is 1. The van der Waals surface area contributed by atoms with Crippen LogP contribution in [0.3, 0.4) is 0 Å². The number of aromatic nitrogens is 2. The molecule has 0 atom stereocenters. The van der Waals surface area contributed by atoms with E-state index < -0.39 is 0 Å². The van der Waals surface area contributed by atoms with Crippen LogP contribution in [0.1, 0.15) is 31.7 Å². The lowest BCUT2D eigenvalue weighted by Gasteiger charge is -2.39. The minimum absolute atomic E-state index is 0.612. The summed E-state index contributed by atoms with van der Waals surface area (Å²) in [7, 11) is 0. The van der Waals surface area contributed by atoms with Gasteiger partial charge >= 0.3 is 0 Å². The summed E-state index contributed by atoms with van der Waals surface area (Å²) in [5.74, 6) is 0. The molecule has 2 saturated heterocycles. The minimum atomic E-state index is 0.612. The molecule has 4 heteroatoms. The SMILES string of the molecule is c1cnn(C2CCN(C3CCOCC3)CC2)c1. The van der Waals surface area contributed by atoms with Crippen LogP contribution in [-0.2, 0) is 4.74 Å². The first-order valence-corrected chi connectivity index (χ1v) is 6.74. The van der Waals surface area contributed by atoms with Crippen molar-refractivity contribution in [2.75, 3.05) is 26.3 Å². The number of piperidine rings is 1. The van der Waals surface area contributed by atoms with Gasteiger partial charge in [0.1, 0.15) is 0 Å². The smallest absolute Gasteiger partial charge is 0.0543 e. The summed E-state index contributed by atoms with van der Waals surface area (Å²) < 4.78 is 7.56. The first-order chi connectivity index (χ1) is 8.43. The van der Waals surface area contributed by atoms with Gasteiger partial charge < -0.3 is 9.64 Å². The summed E-state index contributed by atoms with van der Waals surface area (Å²) in [4.78, 5) is 2.66. The van der Waals surface area contributed by atoms with E-state index in [4.69, 9.17) is 4.74 Å². The summed E-state index contributed by atoms with van der Waals surface area (Å²) in [5, 5.41) is 4.36. The Morgan fingerprint density at radius 2 is 1.76 bits per heavy atom. The lowest BCUT2D eigenvalue weighted by molar-refractivity contribution is 0.0212. The van der Waals surface area contributed by atoms with Crippen LogP contribution in [0.5, 0.6) is 0 Å². The van der Waals surface area contributed by atoms with Crippen molar-refractivity contribution >= 4 is 0 Å². The molecule has 0 aromatic carbocycles. The van der Waals surface area contributed by atoms with E-state index in [9.17, 15) is 0 Å². The molecule has 0 amide bonds. The molecule has 0 spiro atoms. The van der Waals surface area contributed by atoms with Gasteiger partial charge in [-0.25, -0.2) is 0 Å². The predicted molar refractivity (Wildman–Crippen MR) is 65.9 cm³/mol. The number of hydrogen-bond acceptors (Lipinski definition) is 3. The second kappa shape index (κ2) is 5.19. The van der Waals surface area contributed by atoms with Gasteiger partial charge in [0.2, 0.25) is 0 Å². The molecule has 0 N–H and O–H groups in total. The lowest BCUT2D eigenvalue weighted by atomic mass is 10.00. The van der Waals surface area contributed by atoms with Crippen LogP contribution in [-0.4, -0.2) is 47.0 Å². The van der Waals surface area contributed by atoms with Crippen molar-refractivity contribution in [3.05, 3.63) is 18.5 Å². The van der Waals surface area contributed by atoms with Gasteiger partial charge in [0.05, 0.1) is 6.04 Å². The van der Waals surface area contributed by atoms with Gasteiger partial charge in [-0.1, -0.05) is 0 Å². The molecular weight excluding hydrogens is 214 g/mol. The highest BCUT2D eigenvalue weighted by molar-refractivity contribution is 4.86. The summed E-state index contributed by atoms with van der Waals surface area (Å²) in [5.41, 5.74) is 0. The van der Waals surface area contributed by atoms with Crippen molar-refractivity contribution in [1.29, 1.82) is 0 Å². The molecule has 2 fully saturated rings. The zero-order valence-electron chi connectivity index (χ0n) is 10.3. The molecule has 17 heavy (non-hydrogen) atoms. The van der Waals surface area contributed by atoms with Gasteiger partial charge in [-0.15, -0.1) is 0 Å². The minimum Gasteiger partial charge on any atom is -0.381 e. The Labute approximate surface area is 103 Å². The quantitative estimate of drug-likeness (QED) is 0.781. The second-order valence-corrected chi connectivity index (χ2v) is 5.10. The van der Waals surface area contributed by atoms with Crippen LogP contribution in [0.2, 0.25) is 0 Å². The third kappa shape index (κ3) is 2.53. The molecular formula is C13H21N3O. The molecule has 0 bridgehead atoms. The third-order valence-electron chi connectivity index (χ3n) is 4.11. The standard InChI is InChI=1S/C13H21N3O/c1-6-14-16(7-1)13-2-8-15(9-3-13)12-4-10-17-11-5-12/h1,6-7,12-13H,2-5,8-11H2. The fraction of sp³-hybridized carbons (Fsp3) is 0.769. The highest BCUT2D eigenvalue weighted by Crippen LogP contribution is 2.25. The van der Waals surface area contributed by atoms with Gasteiger partial charge in [-0.3, -0.25) is 4.68 Å². The molecule has 3 rings (SSSR count). The maximum absolute atomic E-state index is 5.43. The van der Waals surface area contributed by atoms with Crippen LogP contribution in [0.25, 0.3) is 0 Å². The van der Waals surface area contributed by atoms with E-state index in [0.717, 1.165) is 19.3 Å². The zero-order valence-corrected chi connectivity index (χ0v) is 10.3. The largest absolute Gasteiger partial charge is 0.381 e. The van der Waals surface area contributed by atoms with Crippen LogP contribution in [0.4, 0.5) is 0 Å². The van der Waals surface area contributed by atoms with E-state index >= 15 is 0 Å². The summed E-state index contributed by atoms with van der Waals surface area (Å²) in [6, 6.07) is 3.40. The first-order valence-electron chi connectivity index (χ1n) is 6.74. The first kappa shape index (κ1) is 11.2. The molecule has 0 aliphatic carbocycles. The molecule has 4 nitrogen and oxygen atoms in total. The Hall–Kier alpha value is -0.870. The summed E-state index contributed by atoms with van der Waals surface area (Å²) in [6.07, 6.45) is 8.87. The van der Waals surface area contributed by atoms with E-state index in [1.165, 1.54) is 38.8 Å². The molecule has 1 aromatic rings. The molecule has 2 aliphatic heterocycles. The zero-order chi connectivity index (χ0) is 11.5. The van der Waals surface area contributed by atoms with Crippen LogP contribution < -0.4 is 0 Å². The van der Waals surface area contributed by atoms with Gasteiger partial charge in [-0.05, 0) is 31.7 Å². The van der Waals surface area contributed by atoms with Crippen molar-refractivity contribution < 1.29 is 4.74 Å². The van der Waals surface area contributed by atoms with E-state index in [0.29, 0.717) is 6.04 Å². The van der Waals surface area contributed by atoms with Gasteiger partial charge in [0.25, 0.3) is 0 Å². The van der Waals surface area contributed by atoms with Crippen LogP contribution in [0.15, 0.2) is 18.5 Å². The van der Waals surface area contributed by atoms with Crippen molar-refractivity contribution in [2.24, 2.45) is 0 Å². The highest BCUT2D eigenvalue weighted by Gasteiger charge is 2.27. The normalized spacial score (nSPS) is 25.2. The molecule has 94 valence electrons. The predicted octanol–water partition coefficient (Wildman–Crippen LogP) is 1.70. The fourth-order valence-corrected chi connectivity index (χ4v) is 3.06. The number of ether oxygens (including phenoxy) is 1. The van der Waals surface area contributed by atoms with E-state index in [2.05, 4.69) is 20.9 Å². The van der Waals surface area contributed by atoms with Crippen molar-refractivity contribution in [3.63, 3.8) is 0 Å². The summed E-state index contributed by atoms with van der Waals surface area (Å²) >= 11 is 0. The molecule has 0 unspecified atom stereocenters. The lowest BCUT2D eigenvalue weighted by Crippen LogP contribution is -2.44. The number of nitrogens with zero attached hydrogens (tertiary/aromatic N) is 3. The molecule has 2 aliphatic rings. The topological polar surface area (TPSA) is 30.3 Å². The summed E-state index contributed by atoms with van der Waals surface area (Å²) in [6.45, 7) is 4.33. The number of rotatable bonds is 2. The van der Waals surface area contributed by atoms with E-state index in [-0.39, 0.29) is 0 Å². The average Bonchev–Trinajstić information content (AvgIpc) is 2.94. The molecule has 0 saturated carbocycles. The Balaban J connectivity index is 1.53. The fourth-order valence-electron chi connectivity index (χ4n) is 3.06. The maximum atomic E-state index is 5.43. The van der Waals surface area contributed by atoms with Gasteiger partial charge in [-0.2, -0.15) is 5.10 Å². The highest BCUT2D eigenvalue weighted by atomic mass is 16.5. The van der Waals surface area contributed by atoms with E-state index in [1.807, 2.05) is 12.3 Å². The van der Waals surface area contributed by atoms with Gasteiger partial charge in [0, 0.05) is 44.7 Å².